The smallest absolute Gasteiger partial charge is 0.335 e. The third-order valence-corrected chi connectivity index (χ3v) is 9.30. The fraction of sp³-hybridized carbons (Fsp3) is 0.130. The van der Waals surface area contributed by atoms with Crippen LogP contribution in [0.15, 0.2) is 91.0 Å². The molecule has 1 heterocycles. The molecule has 3 heteroatoms. The summed E-state index contributed by atoms with van der Waals surface area (Å²) in [5.41, 5.74) is 0. The lowest BCUT2D eigenvalue weighted by Gasteiger charge is -2.33. The molecule has 0 saturated carbocycles. The van der Waals surface area contributed by atoms with Crippen LogP contribution >= 0.6 is 6.89 Å². The molecule has 26 heavy (non-hydrogen) atoms. The Bertz CT molecular complexity index is 844. The number of benzene rings is 3. The zero-order valence-electron chi connectivity index (χ0n) is 14.5. The van der Waals surface area contributed by atoms with Gasteiger partial charge in [0.05, 0.1) is 6.61 Å². The summed E-state index contributed by atoms with van der Waals surface area (Å²) in [6, 6.07) is 31.4. The summed E-state index contributed by atoms with van der Waals surface area (Å²) in [5.74, 6) is -0.138. The molecule has 1 aliphatic heterocycles. The first-order valence-electron chi connectivity index (χ1n) is 8.93. The number of esters is 1. The van der Waals surface area contributed by atoms with Crippen molar-refractivity contribution >= 4 is 34.1 Å². The third-order valence-electron chi connectivity index (χ3n) is 4.86. The molecule has 1 aliphatic rings. The zero-order valence-corrected chi connectivity index (χ0v) is 15.4. The molecule has 1 saturated heterocycles. The van der Waals surface area contributed by atoms with Crippen LogP contribution in [0.2, 0.25) is 0 Å². The average molecular weight is 360 g/mol. The number of carbonyl (C=O) groups is 1. The molecule has 0 radical (unpaired) electrons. The van der Waals surface area contributed by atoms with E-state index in [0.29, 0.717) is 6.61 Å². The first kappa shape index (κ1) is 16.9. The van der Waals surface area contributed by atoms with Gasteiger partial charge in [-0.15, -0.1) is 0 Å². The molecule has 130 valence electrons. The van der Waals surface area contributed by atoms with Gasteiger partial charge >= 0.3 is 5.97 Å². The Labute approximate surface area is 154 Å². The summed E-state index contributed by atoms with van der Waals surface area (Å²) in [6.07, 6.45) is 1.67. The molecule has 0 aromatic heterocycles. The van der Waals surface area contributed by atoms with Crippen LogP contribution in [0.5, 0.6) is 0 Å². The minimum Gasteiger partial charge on any atom is -0.462 e. The number of rotatable bonds is 3. The van der Waals surface area contributed by atoms with E-state index in [4.69, 9.17) is 4.74 Å². The number of cyclic esters (lactones) is 1. The highest BCUT2D eigenvalue weighted by Crippen LogP contribution is 2.47. The van der Waals surface area contributed by atoms with Gasteiger partial charge in [0.1, 0.15) is 0 Å². The van der Waals surface area contributed by atoms with Gasteiger partial charge in [-0.2, -0.15) is 0 Å². The highest BCUT2D eigenvalue weighted by atomic mass is 31.2. The van der Waals surface area contributed by atoms with Gasteiger partial charge in [0.25, 0.3) is 0 Å². The van der Waals surface area contributed by atoms with Crippen LogP contribution in [0.4, 0.5) is 0 Å². The van der Waals surface area contributed by atoms with Gasteiger partial charge in [0.15, 0.2) is 0 Å². The maximum atomic E-state index is 12.9. The molecule has 0 aliphatic carbocycles. The van der Waals surface area contributed by atoms with E-state index in [2.05, 4.69) is 72.8 Å². The Morgan fingerprint density at radius 1 is 0.654 bits per heavy atom. The highest BCUT2D eigenvalue weighted by Gasteiger charge is 2.34. The third kappa shape index (κ3) is 2.81. The molecule has 3 aromatic rings. The van der Waals surface area contributed by atoms with Crippen LogP contribution in [-0.4, -0.2) is 17.9 Å². The first-order valence-corrected chi connectivity index (χ1v) is 10.7. The Balaban J connectivity index is 2.19. The normalized spacial score (nSPS) is 14.8. The topological polar surface area (TPSA) is 26.3 Å². The summed E-state index contributed by atoms with van der Waals surface area (Å²) in [6.45, 7) is -1.73. The molecular formula is C23H21O2P. The van der Waals surface area contributed by atoms with Crippen molar-refractivity contribution < 1.29 is 9.53 Å². The lowest BCUT2D eigenvalue weighted by atomic mass is 10.2. The van der Waals surface area contributed by atoms with Gasteiger partial charge < -0.3 is 4.74 Å². The van der Waals surface area contributed by atoms with E-state index in [0.717, 1.165) is 18.1 Å². The van der Waals surface area contributed by atoms with E-state index in [9.17, 15) is 4.79 Å². The second kappa shape index (κ2) is 7.35. The van der Waals surface area contributed by atoms with Crippen molar-refractivity contribution in [2.45, 2.75) is 12.8 Å². The summed E-state index contributed by atoms with van der Waals surface area (Å²) < 4.78 is 5.51. The lowest BCUT2D eigenvalue weighted by molar-refractivity contribution is -0.136. The average Bonchev–Trinajstić information content (AvgIpc) is 2.72. The van der Waals surface area contributed by atoms with Gasteiger partial charge in [-0.1, -0.05) is 91.0 Å². The SMILES string of the molecule is O=C1OCCCC1=P(c1ccccc1)(c1ccccc1)c1ccccc1. The molecular weight excluding hydrogens is 339 g/mol. The molecule has 0 N–H and O–H groups in total. The minimum absolute atomic E-state index is 0.138. The maximum Gasteiger partial charge on any atom is 0.335 e. The Kier molecular flexibility index (Phi) is 4.77. The number of carbonyl (C=O) groups excluding carboxylic acids is 1. The Morgan fingerprint density at radius 2 is 1.08 bits per heavy atom. The largest absolute Gasteiger partial charge is 0.462 e. The Morgan fingerprint density at radius 3 is 1.46 bits per heavy atom. The quantitative estimate of drug-likeness (QED) is 0.528. The van der Waals surface area contributed by atoms with E-state index in [-0.39, 0.29) is 5.97 Å². The predicted octanol–water partition coefficient (Wildman–Crippen LogP) is 3.49. The zero-order chi connectivity index (χ0) is 17.8. The van der Waals surface area contributed by atoms with E-state index < -0.39 is 6.89 Å². The molecule has 3 aromatic carbocycles. The van der Waals surface area contributed by atoms with E-state index >= 15 is 0 Å². The van der Waals surface area contributed by atoms with Crippen molar-refractivity contribution in [1.82, 2.24) is 0 Å². The molecule has 1 fully saturated rings. The van der Waals surface area contributed by atoms with E-state index in [1.807, 2.05) is 18.2 Å². The fourth-order valence-electron chi connectivity index (χ4n) is 3.76. The van der Waals surface area contributed by atoms with Crippen molar-refractivity contribution in [1.29, 1.82) is 0 Å². The van der Waals surface area contributed by atoms with Crippen molar-refractivity contribution in [2.24, 2.45) is 0 Å². The van der Waals surface area contributed by atoms with Crippen LogP contribution < -0.4 is 15.9 Å². The van der Waals surface area contributed by atoms with Gasteiger partial charge in [0, 0.05) is 5.29 Å². The molecule has 0 amide bonds. The van der Waals surface area contributed by atoms with E-state index in [1.54, 1.807) is 0 Å². The van der Waals surface area contributed by atoms with Gasteiger partial charge in [-0.25, -0.2) is 4.79 Å². The second-order valence-corrected chi connectivity index (χ2v) is 9.79. The number of ether oxygens (including phenoxy) is 1. The molecule has 2 nitrogen and oxygen atoms in total. The standard InChI is InChI=1S/C23H21O2P/c24-23-22(17-10-18-25-23)26(19-11-4-1-5-12-19,20-13-6-2-7-14-20)21-15-8-3-9-16-21/h1-9,11-16H,10,17-18H2. The summed E-state index contributed by atoms with van der Waals surface area (Å²) in [7, 11) is 0. The maximum absolute atomic E-state index is 12.9. The predicted molar refractivity (Wildman–Crippen MR) is 110 cm³/mol. The molecule has 0 bridgehead atoms. The Hall–Kier alpha value is -2.57. The van der Waals surface area contributed by atoms with Gasteiger partial charge in [-0.3, -0.25) is 0 Å². The molecule has 0 unspecified atom stereocenters. The van der Waals surface area contributed by atoms with Crippen molar-refractivity contribution in [3.63, 3.8) is 0 Å². The molecule has 0 atom stereocenters. The second-order valence-electron chi connectivity index (χ2n) is 6.36. The van der Waals surface area contributed by atoms with Crippen molar-refractivity contribution in [3.8, 4) is 0 Å². The number of hydrogen-bond donors (Lipinski definition) is 0. The lowest BCUT2D eigenvalue weighted by Crippen LogP contribution is -2.36. The van der Waals surface area contributed by atoms with Crippen LogP contribution in [0.25, 0.3) is 0 Å². The minimum atomic E-state index is -2.24. The van der Waals surface area contributed by atoms with Gasteiger partial charge in [0.2, 0.25) is 0 Å². The van der Waals surface area contributed by atoms with Crippen molar-refractivity contribution in [2.75, 3.05) is 6.61 Å². The summed E-state index contributed by atoms with van der Waals surface area (Å²) in [4.78, 5) is 12.9. The van der Waals surface area contributed by atoms with Crippen molar-refractivity contribution in [3.05, 3.63) is 91.0 Å². The highest BCUT2D eigenvalue weighted by molar-refractivity contribution is 7.96. The summed E-state index contributed by atoms with van der Waals surface area (Å²) >= 11 is 0. The van der Waals surface area contributed by atoms with Crippen LogP contribution in [0.3, 0.4) is 0 Å². The van der Waals surface area contributed by atoms with E-state index in [1.165, 1.54) is 15.9 Å². The van der Waals surface area contributed by atoms with Crippen LogP contribution in [-0.2, 0) is 9.53 Å². The van der Waals surface area contributed by atoms with Gasteiger partial charge in [-0.05, 0) is 35.6 Å². The molecule has 4 rings (SSSR count). The number of hydrogen-bond acceptors (Lipinski definition) is 2. The monoisotopic (exact) mass is 360 g/mol. The first-order chi connectivity index (χ1) is 12.8. The van der Waals surface area contributed by atoms with Crippen LogP contribution in [0, 0.1) is 0 Å². The van der Waals surface area contributed by atoms with Crippen LogP contribution in [0.1, 0.15) is 12.8 Å². The molecule has 0 spiro atoms. The fourth-order valence-corrected chi connectivity index (χ4v) is 8.28. The summed E-state index contributed by atoms with van der Waals surface area (Å²) in [5, 5.41) is 4.52.